The molecule has 6 heteroatoms. The topological polar surface area (TPSA) is 63.8 Å². The minimum absolute atomic E-state index is 0.618. The van der Waals surface area contributed by atoms with Crippen LogP contribution in [0.15, 0.2) is 243 Å². The van der Waals surface area contributed by atoms with E-state index in [-0.39, 0.29) is 0 Å². The highest BCUT2D eigenvalue weighted by Crippen LogP contribution is 2.44. The van der Waals surface area contributed by atoms with E-state index in [1.165, 1.54) is 0 Å². The molecular weight excluding hydrogens is 877 g/mol. The Labute approximate surface area is 416 Å². The molecule has 0 atom stereocenters. The maximum Gasteiger partial charge on any atom is 0.194 e. The summed E-state index contributed by atoms with van der Waals surface area (Å²) in [5.74, 6) is 0.618. The van der Waals surface area contributed by atoms with E-state index >= 15 is 0 Å². The Hall–Kier alpha value is -10.1. The molecule has 0 aliphatic rings. The normalized spacial score (nSPS) is 11.3. The molecule has 0 saturated heterocycles. The summed E-state index contributed by atoms with van der Waals surface area (Å²) in [6.45, 7) is 7.94. The SMILES string of the molecule is [C-]#[N+]c1ccccc1-c1ccc2c(c1)c1ccccc1n2-c1ccccc1-c1cc(-c2nc(-c3ccccc3)cc(-c3ccccc3)n2)ccc1-n1c2ccccc2c2cc(-c3ccccc3C#N)ccc21. The first-order valence-corrected chi connectivity index (χ1v) is 23.9. The Morgan fingerprint density at radius 1 is 0.361 bits per heavy atom. The predicted molar refractivity (Wildman–Crippen MR) is 294 cm³/mol. The lowest BCUT2D eigenvalue weighted by Crippen LogP contribution is -2.03. The molecule has 0 radical (unpaired) electrons. The maximum absolute atomic E-state index is 10.1. The van der Waals surface area contributed by atoms with Crippen molar-refractivity contribution in [1.82, 2.24) is 19.1 Å². The molecule has 0 spiro atoms. The van der Waals surface area contributed by atoms with Gasteiger partial charge < -0.3 is 9.13 Å². The van der Waals surface area contributed by atoms with Crippen LogP contribution in [0.2, 0.25) is 0 Å². The van der Waals surface area contributed by atoms with Crippen molar-refractivity contribution in [3.05, 3.63) is 260 Å². The van der Waals surface area contributed by atoms with Gasteiger partial charge in [-0.05, 0) is 95.1 Å². The minimum atomic E-state index is 0.618. The summed E-state index contributed by atoms with van der Waals surface area (Å²) >= 11 is 0. The highest BCUT2D eigenvalue weighted by molar-refractivity contribution is 6.13. The number of nitrogens with zero attached hydrogens (tertiary/aromatic N) is 6. The van der Waals surface area contributed by atoms with Crippen molar-refractivity contribution < 1.29 is 0 Å². The number of para-hydroxylation sites is 4. The number of fused-ring (bicyclic) bond motifs is 6. The van der Waals surface area contributed by atoms with E-state index in [0.29, 0.717) is 17.1 Å². The van der Waals surface area contributed by atoms with E-state index in [4.69, 9.17) is 16.5 Å². The van der Waals surface area contributed by atoms with Crippen molar-refractivity contribution in [2.24, 2.45) is 0 Å². The molecule has 0 amide bonds. The summed E-state index contributed by atoms with van der Waals surface area (Å²) in [6, 6.07) is 86.3. The van der Waals surface area contributed by atoms with Crippen LogP contribution in [0.1, 0.15) is 5.56 Å². The number of nitriles is 1. The number of hydrogen-bond donors (Lipinski definition) is 0. The molecule has 334 valence electrons. The molecule has 0 aliphatic heterocycles. The van der Waals surface area contributed by atoms with Gasteiger partial charge >= 0.3 is 0 Å². The molecule has 13 rings (SSSR count). The lowest BCUT2D eigenvalue weighted by Gasteiger charge is -2.20. The van der Waals surface area contributed by atoms with Crippen LogP contribution < -0.4 is 0 Å². The van der Waals surface area contributed by atoms with E-state index in [1.807, 2.05) is 84.9 Å². The van der Waals surface area contributed by atoms with E-state index in [9.17, 15) is 5.26 Å². The van der Waals surface area contributed by atoms with Crippen LogP contribution in [-0.4, -0.2) is 19.1 Å². The van der Waals surface area contributed by atoms with Crippen molar-refractivity contribution in [1.29, 1.82) is 5.26 Å². The quantitative estimate of drug-likeness (QED) is 0.143. The third kappa shape index (κ3) is 7.02. The van der Waals surface area contributed by atoms with Gasteiger partial charge in [-0.1, -0.05) is 170 Å². The summed E-state index contributed by atoms with van der Waals surface area (Å²) < 4.78 is 4.76. The molecule has 6 nitrogen and oxygen atoms in total. The number of aromatic nitrogens is 4. The number of benzene rings is 10. The minimum Gasteiger partial charge on any atom is -0.309 e. The van der Waals surface area contributed by atoms with Crippen LogP contribution in [0.25, 0.3) is 127 Å². The van der Waals surface area contributed by atoms with Gasteiger partial charge in [0, 0.05) is 49.4 Å². The van der Waals surface area contributed by atoms with Gasteiger partial charge in [0.15, 0.2) is 11.5 Å². The molecule has 0 unspecified atom stereocenters. The van der Waals surface area contributed by atoms with Crippen LogP contribution in [0.5, 0.6) is 0 Å². The Morgan fingerprint density at radius 3 is 1.44 bits per heavy atom. The van der Waals surface area contributed by atoms with Gasteiger partial charge in [0.2, 0.25) is 0 Å². The predicted octanol–water partition coefficient (Wildman–Crippen LogP) is 17.1. The van der Waals surface area contributed by atoms with E-state index < -0.39 is 0 Å². The largest absolute Gasteiger partial charge is 0.309 e. The fourth-order valence-corrected chi connectivity index (χ4v) is 10.5. The van der Waals surface area contributed by atoms with Gasteiger partial charge in [-0.25, -0.2) is 14.8 Å². The van der Waals surface area contributed by atoms with Gasteiger partial charge in [-0.2, -0.15) is 5.26 Å². The lowest BCUT2D eigenvalue weighted by molar-refractivity contribution is 1.15. The molecule has 10 aromatic carbocycles. The average Bonchev–Trinajstić information content (AvgIpc) is 3.97. The molecule has 0 bridgehead atoms. The summed E-state index contributed by atoms with van der Waals surface area (Å²) in [7, 11) is 0. The van der Waals surface area contributed by atoms with Crippen molar-refractivity contribution >= 4 is 49.3 Å². The number of rotatable bonds is 8. The molecule has 3 aromatic heterocycles. The monoisotopic (exact) mass is 916 g/mol. The third-order valence-electron chi connectivity index (χ3n) is 13.8. The summed E-state index contributed by atoms with van der Waals surface area (Å²) in [6.07, 6.45) is 0. The zero-order valence-electron chi connectivity index (χ0n) is 38.8. The molecule has 0 aliphatic carbocycles. The van der Waals surface area contributed by atoms with E-state index in [0.717, 1.165) is 116 Å². The van der Waals surface area contributed by atoms with Crippen molar-refractivity contribution in [2.75, 3.05) is 0 Å². The third-order valence-corrected chi connectivity index (χ3v) is 13.8. The summed E-state index contributed by atoms with van der Waals surface area (Å²) in [4.78, 5) is 14.5. The molecule has 3 heterocycles. The first-order valence-electron chi connectivity index (χ1n) is 23.9. The van der Waals surface area contributed by atoms with Crippen LogP contribution in [-0.2, 0) is 0 Å². The maximum atomic E-state index is 10.1. The summed E-state index contributed by atoms with van der Waals surface area (Å²) in [5.41, 5.74) is 17.9. The second-order valence-electron chi connectivity index (χ2n) is 17.9. The molecule has 0 saturated carbocycles. The van der Waals surface area contributed by atoms with Gasteiger partial charge in [0.1, 0.15) is 0 Å². The smallest absolute Gasteiger partial charge is 0.194 e. The highest BCUT2D eigenvalue weighted by atomic mass is 15.0. The Balaban J connectivity index is 1.09. The van der Waals surface area contributed by atoms with Crippen LogP contribution in [0.4, 0.5) is 5.69 Å². The standard InChI is InChI=1S/C66H40N6/c1-68-57-28-14-10-24-50(57)46-33-36-63-55(39-46)52-26-11-15-29-60(52)71(63)61-30-16-13-27-53(61)56-40-47(66-69-58(43-18-4-2-5-19-43)41-59(70-66)44-20-6-3-7-21-44)34-37-65(56)72-62-31-17-12-25-51(62)54-38-45(32-35-64(54)72)49-23-9-8-22-48(49)42-67/h2-41H. The second kappa shape index (κ2) is 17.4. The highest BCUT2D eigenvalue weighted by Gasteiger charge is 2.23. The fourth-order valence-electron chi connectivity index (χ4n) is 10.5. The first kappa shape index (κ1) is 42.0. The Bertz CT molecular complexity index is 4300. The molecule has 13 aromatic rings. The van der Waals surface area contributed by atoms with Gasteiger partial charge in [-0.15, -0.1) is 0 Å². The van der Waals surface area contributed by atoms with Gasteiger partial charge in [-0.3, -0.25) is 0 Å². The average molecular weight is 917 g/mol. The van der Waals surface area contributed by atoms with Crippen LogP contribution in [0, 0.1) is 17.9 Å². The molecular formula is C66H40N6. The Morgan fingerprint density at radius 2 is 0.833 bits per heavy atom. The first-order chi connectivity index (χ1) is 35.6. The second-order valence-corrected chi connectivity index (χ2v) is 17.9. The fraction of sp³-hybridized carbons (Fsp3) is 0. The van der Waals surface area contributed by atoms with Gasteiger partial charge in [0.25, 0.3) is 0 Å². The van der Waals surface area contributed by atoms with Crippen LogP contribution >= 0.6 is 0 Å². The van der Waals surface area contributed by atoms with Gasteiger partial charge in [0.05, 0.1) is 63.0 Å². The lowest BCUT2D eigenvalue weighted by atomic mass is 9.97. The summed E-state index contributed by atoms with van der Waals surface area (Å²) in [5, 5.41) is 14.5. The molecule has 0 fully saturated rings. The van der Waals surface area contributed by atoms with Crippen molar-refractivity contribution in [3.63, 3.8) is 0 Å². The van der Waals surface area contributed by atoms with Crippen molar-refractivity contribution in [2.45, 2.75) is 0 Å². The Kier molecular flexibility index (Phi) is 10.2. The van der Waals surface area contributed by atoms with E-state index in [1.54, 1.807) is 0 Å². The molecule has 0 N–H and O–H groups in total. The van der Waals surface area contributed by atoms with Crippen LogP contribution in [0.3, 0.4) is 0 Å². The molecule has 72 heavy (non-hydrogen) atoms. The number of hydrogen-bond acceptors (Lipinski definition) is 3. The zero-order chi connectivity index (χ0) is 48.1. The zero-order valence-corrected chi connectivity index (χ0v) is 38.8. The van der Waals surface area contributed by atoms with Crippen molar-refractivity contribution in [3.8, 4) is 84.7 Å². The van der Waals surface area contributed by atoms with E-state index in [2.05, 4.69) is 178 Å².